The van der Waals surface area contributed by atoms with Crippen LogP contribution in [0.2, 0.25) is 0 Å². The Labute approximate surface area is 120 Å². The first-order valence-electron chi connectivity index (χ1n) is 6.91. The number of hydrogen-bond donors (Lipinski definition) is 0. The van der Waals surface area contributed by atoms with Gasteiger partial charge >= 0.3 is 5.97 Å². The summed E-state index contributed by atoms with van der Waals surface area (Å²) in [5.74, 6) is -1.17. The molecule has 20 heavy (non-hydrogen) atoms. The van der Waals surface area contributed by atoms with Gasteiger partial charge in [0.25, 0.3) is 0 Å². The molecule has 0 bridgehead atoms. The van der Waals surface area contributed by atoms with E-state index in [1.165, 1.54) is 7.11 Å². The maximum atomic E-state index is 11.8. The molecule has 5 heteroatoms. The minimum absolute atomic E-state index is 0.0323. The highest BCUT2D eigenvalue weighted by molar-refractivity contribution is 5.78. The number of carbonyl (C=O) groups is 1. The lowest BCUT2D eigenvalue weighted by Crippen LogP contribution is -2.54. The Kier molecular flexibility index (Phi) is 3.97. The number of rotatable bonds is 2. The van der Waals surface area contributed by atoms with E-state index >= 15 is 0 Å². The van der Waals surface area contributed by atoms with Crippen LogP contribution in [-0.4, -0.2) is 43.3 Å². The van der Waals surface area contributed by atoms with Crippen LogP contribution in [0.3, 0.4) is 0 Å². The summed E-state index contributed by atoms with van der Waals surface area (Å²) in [7, 11) is 1.49. The SMILES string of the molecule is CO[C@H]1C(=O)O[C@@H]2[C@H]1OC(C)(C)O[C@H]2/C=C\C(C)(C)C. The highest BCUT2D eigenvalue weighted by atomic mass is 16.8. The Morgan fingerprint density at radius 1 is 1.20 bits per heavy atom. The first-order valence-corrected chi connectivity index (χ1v) is 6.91. The Balaban J connectivity index is 2.24. The van der Waals surface area contributed by atoms with Gasteiger partial charge in [-0.2, -0.15) is 0 Å². The summed E-state index contributed by atoms with van der Waals surface area (Å²) >= 11 is 0. The van der Waals surface area contributed by atoms with E-state index < -0.39 is 30.1 Å². The average Bonchev–Trinajstić information content (AvgIpc) is 2.59. The lowest BCUT2D eigenvalue weighted by molar-refractivity contribution is -0.318. The standard InChI is InChI=1S/C15H24O5/c1-14(2,3)8-7-9-10-11(20-15(4,5)19-9)12(17-6)13(16)18-10/h7-12H,1-6H3/b8-7-/t9-,10-,11+,12+/m0/s1. The van der Waals surface area contributed by atoms with E-state index in [0.717, 1.165) is 0 Å². The van der Waals surface area contributed by atoms with Gasteiger partial charge in [0.15, 0.2) is 18.0 Å². The van der Waals surface area contributed by atoms with Gasteiger partial charge in [-0.15, -0.1) is 0 Å². The van der Waals surface area contributed by atoms with Gasteiger partial charge in [0.05, 0.1) is 0 Å². The molecule has 0 aliphatic carbocycles. The molecule has 2 heterocycles. The third kappa shape index (κ3) is 3.22. The number of esters is 1. The van der Waals surface area contributed by atoms with Crippen molar-refractivity contribution in [2.75, 3.05) is 7.11 Å². The summed E-state index contributed by atoms with van der Waals surface area (Å²) in [6, 6.07) is 0. The molecule has 114 valence electrons. The molecule has 5 nitrogen and oxygen atoms in total. The molecule has 0 amide bonds. The molecule has 0 aromatic rings. The summed E-state index contributed by atoms with van der Waals surface area (Å²) < 4.78 is 22.3. The molecule has 0 saturated carbocycles. The van der Waals surface area contributed by atoms with Crippen molar-refractivity contribution in [2.45, 2.75) is 64.8 Å². The van der Waals surface area contributed by atoms with Crippen LogP contribution in [0.1, 0.15) is 34.6 Å². The third-order valence-electron chi connectivity index (χ3n) is 3.31. The van der Waals surface area contributed by atoms with Crippen LogP contribution in [-0.2, 0) is 23.7 Å². The molecule has 0 unspecified atom stereocenters. The predicted molar refractivity (Wildman–Crippen MR) is 73.1 cm³/mol. The molecule has 0 aromatic carbocycles. The van der Waals surface area contributed by atoms with Gasteiger partial charge in [-0.05, 0) is 19.3 Å². The van der Waals surface area contributed by atoms with E-state index in [4.69, 9.17) is 18.9 Å². The highest BCUT2D eigenvalue weighted by Crippen LogP contribution is 2.36. The second kappa shape index (κ2) is 5.13. The van der Waals surface area contributed by atoms with Gasteiger partial charge in [0.1, 0.15) is 12.2 Å². The van der Waals surface area contributed by atoms with Crippen molar-refractivity contribution in [3.8, 4) is 0 Å². The normalized spacial score (nSPS) is 37.0. The van der Waals surface area contributed by atoms with E-state index in [1.54, 1.807) is 0 Å². The zero-order valence-electron chi connectivity index (χ0n) is 13.0. The largest absolute Gasteiger partial charge is 0.454 e. The van der Waals surface area contributed by atoms with Crippen molar-refractivity contribution < 1.29 is 23.7 Å². The molecule has 2 aliphatic rings. The molecule has 2 fully saturated rings. The van der Waals surface area contributed by atoms with Crippen molar-refractivity contribution in [1.29, 1.82) is 0 Å². The van der Waals surface area contributed by atoms with E-state index in [0.29, 0.717) is 0 Å². The van der Waals surface area contributed by atoms with Crippen LogP contribution in [0.5, 0.6) is 0 Å². The van der Waals surface area contributed by atoms with Crippen molar-refractivity contribution in [1.82, 2.24) is 0 Å². The van der Waals surface area contributed by atoms with Crippen molar-refractivity contribution in [3.63, 3.8) is 0 Å². The van der Waals surface area contributed by atoms with Gasteiger partial charge in [0, 0.05) is 7.11 Å². The maximum Gasteiger partial charge on any atom is 0.338 e. The number of fused-ring (bicyclic) bond motifs is 1. The number of methoxy groups -OCH3 is 1. The van der Waals surface area contributed by atoms with E-state index in [9.17, 15) is 4.79 Å². The Morgan fingerprint density at radius 3 is 2.40 bits per heavy atom. The molecule has 0 spiro atoms. The molecule has 2 rings (SSSR count). The first kappa shape index (κ1) is 15.5. The van der Waals surface area contributed by atoms with Gasteiger partial charge in [-0.3, -0.25) is 0 Å². The van der Waals surface area contributed by atoms with Crippen LogP contribution >= 0.6 is 0 Å². The zero-order valence-corrected chi connectivity index (χ0v) is 13.0. The fourth-order valence-electron chi connectivity index (χ4n) is 2.47. The molecule has 2 saturated heterocycles. The molecular formula is C15H24O5. The van der Waals surface area contributed by atoms with Gasteiger partial charge < -0.3 is 18.9 Å². The Hall–Kier alpha value is -0.910. The van der Waals surface area contributed by atoms with Crippen LogP contribution in [0.25, 0.3) is 0 Å². The summed E-state index contributed by atoms with van der Waals surface area (Å²) in [5, 5.41) is 0. The average molecular weight is 284 g/mol. The highest BCUT2D eigenvalue weighted by Gasteiger charge is 2.55. The molecular weight excluding hydrogens is 260 g/mol. The fraction of sp³-hybridized carbons (Fsp3) is 0.800. The lowest BCUT2D eigenvalue weighted by atomic mass is 9.94. The Morgan fingerprint density at radius 2 is 1.85 bits per heavy atom. The lowest BCUT2D eigenvalue weighted by Gasteiger charge is -2.41. The third-order valence-corrected chi connectivity index (χ3v) is 3.31. The fourth-order valence-corrected chi connectivity index (χ4v) is 2.47. The minimum Gasteiger partial charge on any atom is -0.454 e. The number of hydrogen-bond acceptors (Lipinski definition) is 5. The van der Waals surface area contributed by atoms with E-state index in [-0.39, 0.29) is 11.5 Å². The molecule has 0 aromatic heterocycles. The van der Waals surface area contributed by atoms with Crippen LogP contribution in [0.15, 0.2) is 12.2 Å². The predicted octanol–water partition coefficient (Wildman–Crippen LogP) is 2.05. The summed E-state index contributed by atoms with van der Waals surface area (Å²) in [5.41, 5.74) is 0.0323. The molecule has 0 N–H and O–H groups in total. The summed E-state index contributed by atoms with van der Waals surface area (Å²) in [6.07, 6.45) is 2.10. The quantitative estimate of drug-likeness (QED) is 0.574. The van der Waals surface area contributed by atoms with Gasteiger partial charge in [-0.1, -0.05) is 32.9 Å². The van der Waals surface area contributed by atoms with Crippen molar-refractivity contribution in [3.05, 3.63) is 12.2 Å². The maximum absolute atomic E-state index is 11.8. The molecule has 4 atom stereocenters. The van der Waals surface area contributed by atoms with Gasteiger partial charge in [-0.25, -0.2) is 4.79 Å². The number of ether oxygens (including phenoxy) is 4. The second-order valence-electron chi connectivity index (χ2n) is 6.85. The molecule has 0 radical (unpaired) electrons. The second-order valence-corrected chi connectivity index (χ2v) is 6.85. The van der Waals surface area contributed by atoms with Crippen LogP contribution < -0.4 is 0 Å². The number of carbonyl (C=O) groups excluding carboxylic acids is 1. The van der Waals surface area contributed by atoms with Crippen molar-refractivity contribution >= 4 is 5.97 Å². The van der Waals surface area contributed by atoms with E-state index in [2.05, 4.69) is 26.8 Å². The topological polar surface area (TPSA) is 54.0 Å². The number of allylic oxidation sites excluding steroid dienone is 1. The summed E-state index contributed by atoms with van der Waals surface area (Å²) in [4.78, 5) is 11.8. The zero-order chi connectivity index (χ0) is 15.1. The molecule has 2 aliphatic heterocycles. The first-order chi connectivity index (χ1) is 9.13. The Bertz CT molecular complexity index is 407. The minimum atomic E-state index is -0.779. The van der Waals surface area contributed by atoms with Gasteiger partial charge in [0.2, 0.25) is 0 Å². The monoisotopic (exact) mass is 284 g/mol. The van der Waals surface area contributed by atoms with Crippen LogP contribution in [0.4, 0.5) is 0 Å². The smallest absolute Gasteiger partial charge is 0.338 e. The van der Waals surface area contributed by atoms with Crippen molar-refractivity contribution in [2.24, 2.45) is 5.41 Å². The summed E-state index contributed by atoms with van der Waals surface area (Å²) in [6.45, 7) is 9.96. The van der Waals surface area contributed by atoms with E-state index in [1.807, 2.05) is 19.9 Å². The van der Waals surface area contributed by atoms with Crippen LogP contribution in [0, 0.1) is 5.41 Å².